The van der Waals surface area contributed by atoms with Crippen molar-refractivity contribution in [3.63, 3.8) is 0 Å². The smallest absolute Gasteiger partial charge is 0.211 e. The van der Waals surface area contributed by atoms with Gasteiger partial charge in [0.1, 0.15) is 0 Å². The van der Waals surface area contributed by atoms with Crippen molar-refractivity contribution in [3.8, 4) is 0 Å². The van der Waals surface area contributed by atoms with Crippen molar-refractivity contribution in [3.05, 3.63) is 30.3 Å². The molecule has 4 nitrogen and oxygen atoms in total. The Balaban J connectivity index is 2.39. The van der Waals surface area contributed by atoms with E-state index in [-0.39, 0.29) is 0 Å². The molecule has 1 heterocycles. The number of nitrogen functional groups attached to an aromatic ring is 1. The number of aliphatic hydroxyl groups is 1. The zero-order valence-corrected chi connectivity index (χ0v) is 8.91. The summed E-state index contributed by atoms with van der Waals surface area (Å²) in [4.78, 5) is 0. The highest BCUT2D eigenvalue weighted by molar-refractivity contribution is 6.09. The van der Waals surface area contributed by atoms with Gasteiger partial charge < -0.3 is 21.5 Å². The molecular weight excluding hydrogens is 202 g/mol. The fourth-order valence-electron chi connectivity index (χ4n) is 2.19. The summed E-state index contributed by atoms with van der Waals surface area (Å²) in [5.41, 5.74) is 8.45. The number of benzene rings is 2. The van der Waals surface area contributed by atoms with Crippen LogP contribution in [-0.4, -0.2) is 11.0 Å². The van der Waals surface area contributed by atoms with Crippen LogP contribution in [0.2, 0.25) is 0 Å². The van der Waals surface area contributed by atoms with Gasteiger partial charge in [-0.25, -0.2) is 0 Å². The van der Waals surface area contributed by atoms with Gasteiger partial charge in [-0.3, -0.25) is 0 Å². The van der Waals surface area contributed by atoms with E-state index in [1.165, 1.54) is 0 Å². The minimum Gasteiger partial charge on any atom is -0.398 e. The predicted molar refractivity (Wildman–Crippen MR) is 66.2 cm³/mol. The van der Waals surface area contributed by atoms with Crippen molar-refractivity contribution in [2.24, 2.45) is 0 Å². The summed E-state index contributed by atoms with van der Waals surface area (Å²) in [5, 5.41) is 18.0. The Bertz CT molecular complexity index is 563. The second-order valence-corrected chi connectivity index (χ2v) is 4.25. The molecule has 16 heavy (non-hydrogen) atoms. The van der Waals surface area contributed by atoms with Crippen LogP contribution in [0.15, 0.2) is 30.3 Å². The van der Waals surface area contributed by atoms with Gasteiger partial charge in [0.05, 0.1) is 0 Å². The van der Waals surface area contributed by atoms with E-state index in [2.05, 4.69) is 10.6 Å². The maximum absolute atomic E-state index is 9.99. The van der Waals surface area contributed by atoms with Gasteiger partial charge in [0, 0.05) is 34.8 Å². The van der Waals surface area contributed by atoms with Gasteiger partial charge in [-0.15, -0.1) is 0 Å². The van der Waals surface area contributed by atoms with Crippen molar-refractivity contribution in [1.82, 2.24) is 0 Å². The lowest BCUT2D eigenvalue weighted by molar-refractivity contribution is 0.120. The van der Waals surface area contributed by atoms with E-state index in [0.29, 0.717) is 0 Å². The second-order valence-electron chi connectivity index (χ2n) is 4.25. The maximum Gasteiger partial charge on any atom is 0.211 e. The summed E-state index contributed by atoms with van der Waals surface area (Å²) in [6, 6.07) is 9.56. The first kappa shape index (κ1) is 9.30. The molecule has 2 aromatic carbocycles. The average molecular weight is 215 g/mol. The number of rotatable bonds is 0. The first-order valence-electron chi connectivity index (χ1n) is 5.17. The highest BCUT2D eigenvalue weighted by atomic mass is 16.3. The first-order chi connectivity index (χ1) is 7.57. The topological polar surface area (TPSA) is 70.3 Å². The van der Waals surface area contributed by atoms with E-state index < -0.39 is 5.85 Å². The first-order valence-corrected chi connectivity index (χ1v) is 5.17. The zero-order chi connectivity index (χ0) is 11.3. The highest BCUT2D eigenvalue weighted by Crippen LogP contribution is 2.39. The van der Waals surface area contributed by atoms with Crippen LogP contribution in [0.4, 0.5) is 17.1 Å². The van der Waals surface area contributed by atoms with Crippen LogP contribution in [-0.2, 0) is 0 Å². The lowest BCUT2D eigenvalue weighted by Gasteiger charge is -2.34. The number of hydrogen-bond acceptors (Lipinski definition) is 4. The lowest BCUT2D eigenvalue weighted by Crippen LogP contribution is -2.44. The van der Waals surface area contributed by atoms with Crippen molar-refractivity contribution < 1.29 is 5.11 Å². The predicted octanol–water partition coefficient (Wildman–Crippen LogP) is 1.93. The van der Waals surface area contributed by atoms with Crippen LogP contribution < -0.4 is 16.4 Å². The molecule has 0 saturated carbocycles. The van der Waals surface area contributed by atoms with Gasteiger partial charge in [0.15, 0.2) is 0 Å². The molecule has 0 fully saturated rings. The molecule has 5 N–H and O–H groups in total. The summed E-state index contributed by atoms with van der Waals surface area (Å²) in [6.45, 7) is 1.67. The van der Waals surface area contributed by atoms with E-state index in [1.807, 2.05) is 30.3 Å². The molecule has 0 aromatic heterocycles. The molecule has 0 aliphatic carbocycles. The van der Waals surface area contributed by atoms with E-state index in [9.17, 15) is 5.11 Å². The third-order valence-electron chi connectivity index (χ3n) is 2.83. The zero-order valence-electron chi connectivity index (χ0n) is 8.91. The Hall–Kier alpha value is -1.94. The van der Waals surface area contributed by atoms with Gasteiger partial charge >= 0.3 is 0 Å². The maximum atomic E-state index is 9.99. The van der Waals surface area contributed by atoms with Gasteiger partial charge in [0.25, 0.3) is 0 Å². The molecule has 1 unspecified atom stereocenters. The highest BCUT2D eigenvalue weighted by Gasteiger charge is 2.26. The third kappa shape index (κ3) is 1.20. The normalized spacial score (nSPS) is 22.6. The number of nitrogens with one attached hydrogen (secondary N) is 2. The molecule has 0 amide bonds. The Kier molecular flexibility index (Phi) is 1.63. The Morgan fingerprint density at radius 2 is 1.81 bits per heavy atom. The molecule has 2 aromatic rings. The number of nitrogens with two attached hydrogens (primary N) is 1. The van der Waals surface area contributed by atoms with Crippen molar-refractivity contribution in [2.75, 3.05) is 16.4 Å². The van der Waals surface area contributed by atoms with Crippen molar-refractivity contribution in [2.45, 2.75) is 12.8 Å². The lowest BCUT2D eigenvalue weighted by atomic mass is 10.0. The van der Waals surface area contributed by atoms with Gasteiger partial charge in [0.2, 0.25) is 5.85 Å². The molecule has 0 radical (unpaired) electrons. The molecule has 82 valence electrons. The monoisotopic (exact) mass is 215 g/mol. The van der Waals surface area contributed by atoms with Crippen LogP contribution in [0.5, 0.6) is 0 Å². The average Bonchev–Trinajstić information content (AvgIpc) is 2.21. The minimum atomic E-state index is -1.13. The number of hydrogen-bond donors (Lipinski definition) is 4. The third-order valence-corrected chi connectivity index (χ3v) is 2.83. The molecular formula is C12H13N3O. The summed E-state index contributed by atoms with van der Waals surface area (Å²) in [6.07, 6.45) is 0. The summed E-state index contributed by atoms with van der Waals surface area (Å²) < 4.78 is 0. The second kappa shape index (κ2) is 2.80. The van der Waals surface area contributed by atoms with E-state index >= 15 is 0 Å². The molecule has 0 saturated heterocycles. The standard InChI is InChI=1S/C12H13N3O/c1-12(16)14-9-4-2-3-7-8(13)5-6-10(15-12)11(7)9/h2-6,14-16H,13H2,1H3. The quantitative estimate of drug-likeness (QED) is 0.507. The minimum absolute atomic E-state index is 0.741. The fourth-order valence-corrected chi connectivity index (χ4v) is 2.19. The molecule has 1 aliphatic heterocycles. The molecule has 1 aliphatic rings. The van der Waals surface area contributed by atoms with Crippen LogP contribution in [0.25, 0.3) is 10.8 Å². The fraction of sp³-hybridized carbons (Fsp3) is 0.167. The van der Waals surface area contributed by atoms with Crippen LogP contribution in [0.1, 0.15) is 6.92 Å². The largest absolute Gasteiger partial charge is 0.398 e. The molecule has 0 bridgehead atoms. The Labute approximate surface area is 93.1 Å². The van der Waals surface area contributed by atoms with Crippen molar-refractivity contribution in [1.29, 1.82) is 0 Å². The molecule has 0 spiro atoms. The summed E-state index contributed by atoms with van der Waals surface area (Å²) >= 11 is 0. The van der Waals surface area contributed by atoms with Crippen LogP contribution in [0, 0.1) is 0 Å². The van der Waals surface area contributed by atoms with Gasteiger partial charge in [-0.1, -0.05) is 12.1 Å². The Morgan fingerprint density at radius 3 is 2.56 bits per heavy atom. The van der Waals surface area contributed by atoms with E-state index in [4.69, 9.17) is 5.73 Å². The summed E-state index contributed by atoms with van der Waals surface area (Å²) in [5.74, 6) is -1.13. The van der Waals surface area contributed by atoms with Crippen molar-refractivity contribution >= 4 is 27.8 Å². The molecule has 3 rings (SSSR count). The van der Waals surface area contributed by atoms with Gasteiger partial charge in [-0.2, -0.15) is 0 Å². The molecule has 4 heteroatoms. The Morgan fingerprint density at radius 1 is 1.12 bits per heavy atom. The van der Waals surface area contributed by atoms with E-state index in [0.717, 1.165) is 27.8 Å². The number of anilines is 3. The van der Waals surface area contributed by atoms with Gasteiger partial charge in [-0.05, 0) is 18.2 Å². The SMILES string of the molecule is CC1(O)Nc2cccc3c(N)ccc(c23)N1. The summed E-state index contributed by atoms with van der Waals surface area (Å²) in [7, 11) is 0. The van der Waals surface area contributed by atoms with Crippen LogP contribution in [0.3, 0.4) is 0 Å². The van der Waals surface area contributed by atoms with Crippen LogP contribution >= 0.6 is 0 Å². The molecule has 1 atom stereocenters. The van der Waals surface area contributed by atoms with E-state index in [1.54, 1.807) is 6.92 Å².